The van der Waals surface area contributed by atoms with Crippen LogP contribution in [0.1, 0.15) is 53.1 Å². The summed E-state index contributed by atoms with van der Waals surface area (Å²) in [6.45, 7) is 0.186. The summed E-state index contributed by atoms with van der Waals surface area (Å²) in [5.41, 5.74) is -0.629. The lowest BCUT2D eigenvalue weighted by Crippen LogP contribution is -2.42. The van der Waals surface area contributed by atoms with Crippen LogP contribution < -0.4 is 5.56 Å². The van der Waals surface area contributed by atoms with Crippen LogP contribution >= 0.6 is 46.1 Å². The molecule has 0 radical (unpaired) electrons. The number of pyridine rings is 1. The Bertz CT molecular complexity index is 1480. The summed E-state index contributed by atoms with van der Waals surface area (Å²) in [5, 5.41) is 7.78. The van der Waals surface area contributed by atoms with Crippen LogP contribution in [0.2, 0.25) is 15.2 Å². The van der Waals surface area contributed by atoms with Crippen LogP contribution in [0, 0.1) is 0 Å². The third kappa shape index (κ3) is 5.82. The molecule has 39 heavy (non-hydrogen) atoms. The van der Waals surface area contributed by atoms with Gasteiger partial charge in [0.25, 0.3) is 5.56 Å². The molecule has 0 spiro atoms. The molecule has 1 atom stereocenters. The van der Waals surface area contributed by atoms with Gasteiger partial charge in [-0.05, 0) is 37.1 Å². The third-order valence-corrected chi connectivity index (χ3v) is 8.72. The summed E-state index contributed by atoms with van der Waals surface area (Å²) in [6, 6.07) is 6.84. The molecule has 0 N–H and O–H groups in total. The highest BCUT2D eigenvalue weighted by Gasteiger charge is 2.35. The molecule has 1 fully saturated rings. The second-order valence-corrected chi connectivity index (χ2v) is 11.2. The summed E-state index contributed by atoms with van der Waals surface area (Å²) < 4.78 is 40.0. The van der Waals surface area contributed by atoms with Crippen LogP contribution in [0.3, 0.4) is 0 Å². The van der Waals surface area contributed by atoms with E-state index in [1.165, 1.54) is 16.2 Å². The fourth-order valence-electron chi connectivity index (χ4n) is 4.64. The number of likely N-dealkylation sites (tertiary alicyclic amines) is 1. The van der Waals surface area contributed by atoms with Gasteiger partial charge < -0.3 is 9.74 Å². The minimum Gasteiger partial charge on any atom is -0.387 e. The lowest BCUT2D eigenvalue weighted by atomic mass is 9.97. The highest BCUT2D eigenvalue weighted by Crippen LogP contribution is 2.39. The smallest absolute Gasteiger partial charge is 0.387 e. The summed E-state index contributed by atoms with van der Waals surface area (Å²) >= 11 is 20.0. The standard InChI is InChI=1S/C25H20Cl3F3N4O3S/c26-15-2-1-3-16(27)22(15)19-10-17(33-38-19)18-12-39-23(32-18)13-6-8-34(9-7-13)21(36)11-35-20(28)5-4-14(24(35)37)25(29,30)31/h1-5,12-13,19H,6-11H2. The first kappa shape index (κ1) is 27.9. The average Bonchev–Trinajstić information content (AvgIpc) is 3.56. The minimum absolute atomic E-state index is 0.101. The van der Waals surface area contributed by atoms with Crippen molar-refractivity contribution in [1.82, 2.24) is 14.5 Å². The largest absolute Gasteiger partial charge is 0.421 e. The Morgan fingerprint density at radius 2 is 1.79 bits per heavy atom. The van der Waals surface area contributed by atoms with Crippen molar-refractivity contribution in [2.75, 3.05) is 13.1 Å². The highest BCUT2D eigenvalue weighted by molar-refractivity contribution is 7.10. The number of carbonyl (C=O) groups is 1. The van der Waals surface area contributed by atoms with Gasteiger partial charge >= 0.3 is 6.18 Å². The van der Waals surface area contributed by atoms with Crippen molar-refractivity contribution in [3.8, 4) is 0 Å². The monoisotopic (exact) mass is 618 g/mol. The maximum atomic E-state index is 13.1. The molecule has 2 aliphatic rings. The van der Waals surface area contributed by atoms with Crippen LogP contribution in [0.4, 0.5) is 13.2 Å². The molecule has 3 aromatic rings. The van der Waals surface area contributed by atoms with Crippen molar-refractivity contribution >= 4 is 57.8 Å². The number of hydrogen-bond acceptors (Lipinski definition) is 6. The Balaban J connectivity index is 1.19. The lowest BCUT2D eigenvalue weighted by molar-refractivity contribution is -0.139. The zero-order chi connectivity index (χ0) is 27.9. The average molecular weight is 620 g/mol. The SMILES string of the molecule is O=C(Cn1c(Cl)ccc(C(F)(F)F)c1=O)N1CCC(c2nc(C3=NOC(c4c(Cl)cccc4Cl)C3)cs2)CC1. The first-order valence-corrected chi connectivity index (χ1v) is 13.9. The number of oxime groups is 1. The Morgan fingerprint density at radius 3 is 2.46 bits per heavy atom. The van der Waals surface area contributed by atoms with Gasteiger partial charge in [0.15, 0.2) is 6.10 Å². The number of thiazole rings is 1. The van der Waals surface area contributed by atoms with Crippen LogP contribution in [-0.4, -0.2) is 39.2 Å². The number of hydrogen-bond donors (Lipinski definition) is 0. The summed E-state index contributed by atoms with van der Waals surface area (Å²) in [7, 11) is 0. The van der Waals surface area contributed by atoms with E-state index in [9.17, 15) is 22.8 Å². The molecule has 1 amide bonds. The van der Waals surface area contributed by atoms with Crippen molar-refractivity contribution in [2.45, 2.75) is 44.0 Å². The first-order valence-electron chi connectivity index (χ1n) is 11.9. The zero-order valence-electron chi connectivity index (χ0n) is 20.1. The van der Waals surface area contributed by atoms with E-state index in [1.807, 2.05) is 5.38 Å². The first-order chi connectivity index (χ1) is 18.5. The molecule has 0 bridgehead atoms. The van der Waals surface area contributed by atoms with E-state index in [-0.39, 0.29) is 11.1 Å². The number of piperidine rings is 1. The summed E-state index contributed by atoms with van der Waals surface area (Å²) in [6.07, 6.45) is -3.54. The molecule has 206 valence electrons. The molecule has 0 aliphatic carbocycles. The van der Waals surface area contributed by atoms with Crippen molar-refractivity contribution < 1.29 is 22.8 Å². The zero-order valence-corrected chi connectivity index (χ0v) is 23.1. The number of benzene rings is 1. The summed E-state index contributed by atoms with van der Waals surface area (Å²) in [4.78, 5) is 37.0. The molecule has 1 unspecified atom stereocenters. The van der Waals surface area contributed by atoms with Gasteiger partial charge in [0.1, 0.15) is 23.0 Å². The molecule has 7 nitrogen and oxygen atoms in total. The Hall–Kier alpha value is -2.60. The van der Waals surface area contributed by atoms with Gasteiger partial charge in [0, 0.05) is 46.4 Å². The van der Waals surface area contributed by atoms with Gasteiger partial charge in [0.2, 0.25) is 5.91 Å². The third-order valence-electron chi connectivity index (χ3n) is 6.72. The predicted octanol–water partition coefficient (Wildman–Crippen LogP) is 6.56. The molecule has 1 aromatic carbocycles. The van der Waals surface area contributed by atoms with Crippen LogP contribution in [0.5, 0.6) is 0 Å². The van der Waals surface area contributed by atoms with Crippen LogP contribution in [-0.2, 0) is 22.4 Å². The maximum absolute atomic E-state index is 13.1. The second kappa shape index (κ2) is 11.1. The van der Waals surface area contributed by atoms with E-state index < -0.39 is 35.9 Å². The number of alkyl halides is 3. The number of nitrogens with zero attached hydrogens (tertiary/aromatic N) is 4. The highest BCUT2D eigenvalue weighted by atomic mass is 35.5. The molecular formula is C25H20Cl3F3N4O3S. The second-order valence-electron chi connectivity index (χ2n) is 9.16. The Labute approximate surface area is 239 Å². The van der Waals surface area contributed by atoms with E-state index in [1.54, 1.807) is 18.2 Å². The van der Waals surface area contributed by atoms with E-state index in [2.05, 4.69) is 5.16 Å². The number of halogens is 6. The van der Waals surface area contributed by atoms with Gasteiger partial charge in [-0.2, -0.15) is 13.2 Å². The van der Waals surface area contributed by atoms with Crippen molar-refractivity contribution in [3.63, 3.8) is 0 Å². The van der Waals surface area contributed by atoms with Crippen molar-refractivity contribution in [1.29, 1.82) is 0 Å². The van der Waals surface area contributed by atoms with E-state index in [4.69, 9.17) is 44.6 Å². The quantitative estimate of drug-likeness (QED) is 0.303. The van der Waals surface area contributed by atoms with Crippen molar-refractivity contribution in [2.24, 2.45) is 5.16 Å². The fourth-order valence-corrected chi connectivity index (χ4v) is 6.48. The normalized spacial score (nSPS) is 18.3. The van der Waals surface area contributed by atoms with Crippen LogP contribution in [0.25, 0.3) is 0 Å². The number of rotatable bonds is 5. The lowest BCUT2D eigenvalue weighted by Gasteiger charge is -2.31. The molecule has 2 aliphatic heterocycles. The van der Waals surface area contributed by atoms with Gasteiger partial charge in [-0.1, -0.05) is 46.0 Å². The van der Waals surface area contributed by atoms with Gasteiger partial charge in [-0.25, -0.2) is 4.98 Å². The molecule has 14 heteroatoms. The molecule has 2 aromatic heterocycles. The predicted molar refractivity (Wildman–Crippen MR) is 143 cm³/mol. The topological polar surface area (TPSA) is 76.8 Å². The molecule has 4 heterocycles. The Morgan fingerprint density at radius 1 is 1.10 bits per heavy atom. The number of carbonyl (C=O) groups excluding carboxylic acids is 1. The molecular weight excluding hydrogens is 600 g/mol. The Kier molecular flexibility index (Phi) is 7.96. The summed E-state index contributed by atoms with van der Waals surface area (Å²) in [5.74, 6) is -0.372. The van der Waals surface area contributed by atoms with Gasteiger partial charge in [-0.3, -0.25) is 14.2 Å². The number of amides is 1. The molecule has 5 rings (SSSR count). The molecule has 0 saturated carbocycles. The maximum Gasteiger partial charge on any atom is 0.421 e. The van der Waals surface area contributed by atoms with E-state index >= 15 is 0 Å². The molecule has 1 saturated heterocycles. The fraction of sp³-hybridized carbons (Fsp3) is 0.360. The van der Waals surface area contributed by atoms with Gasteiger partial charge in [0.05, 0.1) is 10.7 Å². The number of aromatic nitrogens is 2. The van der Waals surface area contributed by atoms with E-state index in [0.29, 0.717) is 70.0 Å². The van der Waals surface area contributed by atoms with E-state index in [0.717, 1.165) is 11.1 Å². The van der Waals surface area contributed by atoms with Crippen LogP contribution in [0.15, 0.2) is 45.7 Å². The minimum atomic E-state index is -4.84. The van der Waals surface area contributed by atoms with Gasteiger partial charge in [-0.15, -0.1) is 11.3 Å². The van der Waals surface area contributed by atoms with Crippen molar-refractivity contribution in [3.05, 3.63) is 83.1 Å².